The van der Waals surface area contributed by atoms with Crippen LogP contribution in [0.15, 0.2) is 4.99 Å². The molecule has 1 heterocycles. The van der Waals surface area contributed by atoms with Crippen LogP contribution in [-0.4, -0.2) is 56.8 Å². The second-order valence-electron chi connectivity index (χ2n) is 5.85. The highest BCUT2D eigenvalue weighted by Gasteiger charge is 2.13. The minimum absolute atomic E-state index is 0.531. The fraction of sp³-hybridized carbons (Fsp3) is 0.929. The highest BCUT2D eigenvalue weighted by Crippen LogP contribution is 2.03. The number of nitrogens with zero attached hydrogens (tertiary/aromatic N) is 2. The smallest absolute Gasteiger partial charge is 0.188 e. The van der Waals surface area contributed by atoms with Crippen molar-refractivity contribution in [2.75, 3.05) is 45.9 Å². The fourth-order valence-corrected chi connectivity index (χ4v) is 2.08. The van der Waals surface area contributed by atoms with Gasteiger partial charge in [0, 0.05) is 32.7 Å². The summed E-state index contributed by atoms with van der Waals surface area (Å²) in [6.07, 6.45) is 1.12. The van der Waals surface area contributed by atoms with Crippen LogP contribution < -0.4 is 11.1 Å². The summed E-state index contributed by atoms with van der Waals surface area (Å²) in [5.41, 5.74) is 5.85. The maximum Gasteiger partial charge on any atom is 0.188 e. The van der Waals surface area contributed by atoms with Crippen molar-refractivity contribution in [2.45, 2.75) is 27.2 Å². The number of nitrogens with one attached hydrogen (secondary N) is 1. The van der Waals surface area contributed by atoms with E-state index in [9.17, 15) is 0 Å². The third kappa shape index (κ3) is 8.06. The van der Waals surface area contributed by atoms with Gasteiger partial charge in [0.15, 0.2) is 5.96 Å². The van der Waals surface area contributed by atoms with Crippen molar-refractivity contribution in [1.29, 1.82) is 0 Å². The van der Waals surface area contributed by atoms with Crippen molar-refractivity contribution >= 4 is 5.96 Å². The lowest BCUT2D eigenvalue weighted by atomic mass is 10.1. The van der Waals surface area contributed by atoms with Gasteiger partial charge in [-0.25, -0.2) is 0 Å². The topological polar surface area (TPSA) is 62.9 Å². The lowest BCUT2D eigenvalue weighted by Gasteiger charge is -2.28. The molecule has 0 bridgehead atoms. The Morgan fingerprint density at radius 3 is 2.63 bits per heavy atom. The summed E-state index contributed by atoms with van der Waals surface area (Å²) in [7, 11) is 0. The zero-order valence-corrected chi connectivity index (χ0v) is 12.7. The summed E-state index contributed by atoms with van der Waals surface area (Å²) in [6, 6.07) is 0. The largest absolute Gasteiger partial charge is 0.379 e. The first-order chi connectivity index (χ1) is 9.08. The molecular weight excluding hydrogens is 240 g/mol. The van der Waals surface area contributed by atoms with E-state index in [1.807, 2.05) is 0 Å². The first kappa shape index (κ1) is 16.2. The minimum Gasteiger partial charge on any atom is -0.379 e. The van der Waals surface area contributed by atoms with Crippen LogP contribution in [0, 0.1) is 11.8 Å². The van der Waals surface area contributed by atoms with Crippen LogP contribution in [0.3, 0.4) is 0 Å². The van der Waals surface area contributed by atoms with E-state index in [-0.39, 0.29) is 0 Å². The maximum atomic E-state index is 5.85. The Bertz CT molecular complexity index is 262. The van der Waals surface area contributed by atoms with E-state index in [0.29, 0.717) is 17.8 Å². The lowest BCUT2D eigenvalue weighted by molar-refractivity contribution is 0.0323. The highest BCUT2D eigenvalue weighted by molar-refractivity contribution is 5.77. The second kappa shape index (κ2) is 9.15. The molecule has 0 saturated carbocycles. The molecule has 19 heavy (non-hydrogen) atoms. The van der Waals surface area contributed by atoms with Gasteiger partial charge in [-0.05, 0) is 18.3 Å². The third-order valence-electron chi connectivity index (χ3n) is 3.27. The summed E-state index contributed by atoms with van der Waals surface area (Å²) in [6.45, 7) is 13.2. The Balaban J connectivity index is 2.14. The molecule has 1 atom stereocenters. The number of aliphatic imine (C=N–C) groups is 1. The average Bonchev–Trinajstić information content (AvgIpc) is 2.37. The maximum absolute atomic E-state index is 5.85. The van der Waals surface area contributed by atoms with Gasteiger partial charge in [-0.1, -0.05) is 20.8 Å². The molecule has 1 rings (SSSR count). The molecule has 1 aliphatic rings. The van der Waals surface area contributed by atoms with E-state index in [1.54, 1.807) is 0 Å². The SMILES string of the molecule is CC(C)CCNC(N)=NCC(C)CN1CCOCC1. The fourth-order valence-electron chi connectivity index (χ4n) is 2.08. The number of rotatable bonds is 7. The number of morpholine rings is 1. The molecule has 1 unspecified atom stereocenters. The average molecular weight is 270 g/mol. The van der Waals surface area contributed by atoms with Gasteiger partial charge in [-0.2, -0.15) is 0 Å². The third-order valence-corrected chi connectivity index (χ3v) is 3.27. The molecule has 1 fully saturated rings. The van der Waals surface area contributed by atoms with Gasteiger partial charge in [0.1, 0.15) is 0 Å². The number of hydrogen-bond acceptors (Lipinski definition) is 3. The molecule has 1 aliphatic heterocycles. The van der Waals surface area contributed by atoms with E-state index in [4.69, 9.17) is 10.5 Å². The van der Waals surface area contributed by atoms with Gasteiger partial charge in [0.2, 0.25) is 0 Å². The van der Waals surface area contributed by atoms with Crippen molar-refractivity contribution in [3.05, 3.63) is 0 Å². The lowest BCUT2D eigenvalue weighted by Crippen LogP contribution is -2.39. The second-order valence-corrected chi connectivity index (χ2v) is 5.85. The van der Waals surface area contributed by atoms with Crippen LogP contribution in [0.1, 0.15) is 27.2 Å². The quantitative estimate of drug-likeness (QED) is 0.533. The Kier molecular flexibility index (Phi) is 7.82. The zero-order chi connectivity index (χ0) is 14.1. The molecule has 0 aromatic rings. The number of hydrogen-bond donors (Lipinski definition) is 2. The van der Waals surface area contributed by atoms with Gasteiger partial charge in [0.05, 0.1) is 13.2 Å². The van der Waals surface area contributed by atoms with Crippen LogP contribution in [-0.2, 0) is 4.74 Å². The van der Waals surface area contributed by atoms with E-state index in [1.165, 1.54) is 0 Å². The predicted octanol–water partition coefficient (Wildman–Crippen LogP) is 0.905. The predicted molar refractivity (Wildman–Crippen MR) is 80.4 cm³/mol. The molecule has 112 valence electrons. The molecule has 0 aromatic carbocycles. The van der Waals surface area contributed by atoms with Crippen LogP contribution in [0.5, 0.6) is 0 Å². The molecule has 0 aliphatic carbocycles. The first-order valence-electron chi connectivity index (χ1n) is 7.41. The molecule has 5 nitrogen and oxygen atoms in total. The number of guanidine groups is 1. The van der Waals surface area contributed by atoms with Crippen molar-refractivity contribution in [1.82, 2.24) is 10.2 Å². The molecule has 0 radical (unpaired) electrons. The molecule has 1 saturated heterocycles. The van der Waals surface area contributed by atoms with Crippen LogP contribution in [0.4, 0.5) is 0 Å². The zero-order valence-electron chi connectivity index (χ0n) is 12.7. The summed E-state index contributed by atoms with van der Waals surface area (Å²) >= 11 is 0. The van der Waals surface area contributed by atoms with Gasteiger partial charge in [0.25, 0.3) is 0 Å². The van der Waals surface area contributed by atoms with Crippen molar-refractivity contribution in [3.8, 4) is 0 Å². The summed E-state index contributed by atoms with van der Waals surface area (Å²) in [5.74, 6) is 1.80. The highest BCUT2D eigenvalue weighted by atomic mass is 16.5. The van der Waals surface area contributed by atoms with Gasteiger partial charge in [-0.15, -0.1) is 0 Å². The number of ether oxygens (including phenoxy) is 1. The minimum atomic E-state index is 0.531. The van der Waals surface area contributed by atoms with E-state index in [2.05, 4.69) is 36.0 Å². The van der Waals surface area contributed by atoms with E-state index < -0.39 is 0 Å². The monoisotopic (exact) mass is 270 g/mol. The molecule has 5 heteroatoms. The van der Waals surface area contributed by atoms with Gasteiger partial charge in [-0.3, -0.25) is 9.89 Å². The Morgan fingerprint density at radius 2 is 2.00 bits per heavy atom. The van der Waals surface area contributed by atoms with Crippen molar-refractivity contribution in [3.63, 3.8) is 0 Å². The number of nitrogens with two attached hydrogens (primary N) is 1. The Hall–Kier alpha value is -0.810. The van der Waals surface area contributed by atoms with Crippen LogP contribution >= 0.6 is 0 Å². The first-order valence-corrected chi connectivity index (χ1v) is 7.41. The molecule has 0 amide bonds. The normalized spacial score (nSPS) is 19.7. The van der Waals surface area contributed by atoms with Gasteiger partial charge < -0.3 is 15.8 Å². The van der Waals surface area contributed by atoms with E-state index >= 15 is 0 Å². The van der Waals surface area contributed by atoms with E-state index in [0.717, 1.165) is 52.4 Å². The van der Waals surface area contributed by atoms with Gasteiger partial charge >= 0.3 is 0 Å². The van der Waals surface area contributed by atoms with Crippen molar-refractivity contribution in [2.24, 2.45) is 22.6 Å². The Labute approximate surface area is 117 Å². The molecular formula is C14H30N4O. The van der Waals surface area contributed by atoms with Crippen LogP contribution in [0.25, 0.3) is 0 Å². The van der Waals surface area contributed by atoms with Crippen LogP contribution in [0.2, 0.25) is 0 Å². The summed E-state index contributed by atoms with van der Waals surface area (Å²) in [4.78, 5) is 6.85. The summed E-state index contributed by atoms with van der Waals surface area (Å²) < 4.78 is 5.34. The van der Waals surface area contributed by atoms with Crippen molar-refractivity contribution < 1.29 is 4.74 Å². The Morgan fingerprint density at radius 1 is 1.32 bits per heavy atom. The standard InChI is InChI=1S/C14H30N4O/c1-12(2)4-5-16-14(15)17-10-13(3)11-18-6-8-19-9-7-18/h12-13H,4-11H2,1-3H3,(H3,15,16,17). The molecule has 0 aromatic heterocycles. The summed E-state index contributed by atoms with van der Waals surface area (Å²) in [5, 5.41) is 3.17. The molecule has 3 N–H and O–H groups in total. The molecule has 0 spiro atoms.